The Hall–Kier alpha value is -1.43. The zero-order valence-corrected chi connectivity index (χ0v) is 16.4. The highest BCUT2D eigenvalue weighted by Crippen LogP contribution is 2.41. The maximum absolute atomic E-state index is 12.5. The van der Waals surface area contributed by atoms with Gasteiger partial charge >= 0.3 is 0 Å². The van der Waals surface area contributed by atoms with E-state index in [1.54, 1.807) is 12.1 Å². The van der Waals surface area contributed by atoms with Crippen LogP contribution in [0.1, 0.15) is 55.7 Å². The van der Waals surface area contributed by atoms with Gasteiger partial charge in [-0.25, -0.2) is 0 Å². The molecule has 0 bridgehead atoms. The Morgan fingerprint density at radius 2 is 1.76 bits per heavy atom. The highest BCUT2D eigenvalue weighted by Gasteiger charge is 2.32. The number of anilines is 1. The molecule has 8 heteroatoms. The topological polar surface area (TPSA) is 59.0 Å². The number of amides is 1. The van der Waals surface area contributed by atoms with Crippen molar-refractivity contribution in [3.05, 3.63) is 44.7 Å². The summed E-state index contributed by atoms with van der Waals surface area (Å²) >= 11 is 18.1. The summed E-state index contributed by atoms with van der Waals surface area (Å²) < 4.78 is 1.93. The molecule has 1 fully saturated rings. The fraction of sp³-hybridized carbons (Fsp3) is 0.412. The Kier molecular flexibility index (Phi) is 4.93. The molecule has 1 amide bonds. The van der Waals surface area contributed by atoms with Crippen LogP contribution in [0.25, 0.3) is 0 Å². The predicted octanol–water partition coefficient (Wildman–Crippen LogP) is 5.23. The van der Waals surface area contributed by atoms with E-state index in [9.17, 15) is 4.79 Å². The molecule has 3 rings (SSSR count). The lowest BCUT2D eigenvalue weighted by Crippen LogP contribution is -2.31. The molecule has 25 heavy (non-hydrogen) atoms. The third-order valence-electron chi connectivity index (χ3n) is 3.91. The van der Waals surface area contributed by atoms with Crippen molar-refractivity contribution < 1.29 is 4.79 Å². The fourth-order valence-corrected chi connectivity index (χ4v) is 3.47. The zero-order valence-electron chi connectivity index (χ0n) is 14.2. The van der Waals surface area contributed by atoms with Crippen molar-refractivity contribution in [3.63, 3.8) is 0 Å². The van der Waals surface area contributed by atoms with Gasteiger partial charge in [-0.15, -0.1) is 0 Å². The second kappa shape index (κ2) is 6.71. The van der Waals surface area contributed by atoms with Gasteiger partial charge in [-0.2, -0.15) is 5.10 Å². The second-order valence-corrected chi connectivity index (χ2v) is 8.39. The van der Waals surface area contributed by atoms with Crippen LogP contribution in [0.15, 0.2) is 18.2 Å². The monoisotopic (exact) mass is 400 g/mol. The van der Waals surface area contributed by atoms with Crippen LogP contribution in [0.4, 0.5) is 5.69 Å². The number of nitrogens with zero attached hydrogens (tertiary/aromatic N) is 2. The van der Waals surface area contributed by atoms with Crippen molar-refractivity contribution >= 4 is 46.4 Å². The Bertz CT molecular complexity index is 799. The highest BCUT2D eigenvalue weighted by atomic mass is 35.5. The number of benzene rings is 1. The molecule has 1 heterocycles. The standard InChI is InChI=1S/C17H19Cl3N4O/c1-17(2,3)24-14(9-4-5-9)8-13(23-24)16(25)22-21-15-11(19)6-10(18)7-12(15)20/h6-9,21H,4-5H2,1-3H3,(H,22,25). The molecule has 0 unspecified atom stereocenters. The number of nitrogens with one attached hydrogen (secondary N) is 2. The van der Waals surface area contributed by atoms with Crippen LogP contribution in [-0.2, 0) is 5.54 Å². The van der Waals surface area contributed by atoms with Crippen LogP contribution in [0, 0.1) is 0 Å². The summed E-state index contributed by atoms with van der Waals surface area (Å²) in [4.78, 5) is 12.5. The van der Waals surface area contributed by atoms with Gasteiger partial charge in [0.2, 0.25) is 0 Å². The Labute approximate surface area is 161 Å². The minimum Gasteiger partial charge on any atom is -0.295 e. The number of hydrogen-bond donors (Lipinski definition) is 2. The van der Waals surface area contributed by atoms with Crippen molar-refractivity contribution in [3.8, 4) is 0 Å². The van der Waals surface area contributed by atoms with E-state index in [1.165, 1.54) is 0 Å². The summed E-state index contributed by atoms with van der Waals surface area (Å²) in [6.07, 6.45) is 2.27. The first-order chi connectivity index (χ1) is 11.7. The minimum atomic E-state index is -0.355. The van der Waals surface area contributed by atoms with E-state index < -0.39 is 0 Å². The average Bonchev–Trinajstić information content (AvgIpc) is 3.22. The molecule has 0 radical (unpaired) electrons. The lowest BCUT2D eigenvalue weighted by atomic mass is 10.1. The molecule has 1 aromatic carbocycles. The van der Waals surface area contributed by atoms with Crippen molar-refractivity contribution in [2.24, 2.45) is 0 Å². The second-order valence-electron chi connectivity index (χ2n) is 7.13. The molecule has 0 saturated heterocycles. The summed E-state index contributed by atoms with van der Waals surface area (Å²) in [5.41, 5.74) is 6.99. The third kappa shape index (κ3) is 4.05. The van der Waals surface area contributed by atoms with Gasteiger partial charge in [-0.3, -0.25) is 20.3 Å². The van der Waals surface area contributed by atoms with Crippen LogP contribution in [0.5, 0.6) is 0 Å². The van der Waals surface area contributed by atoms with E-state index in [1.807, 2.05) is 10.7 Å². The number of hydrogen-bond acceptors (Lipinski definition) is 3. The number of carbonyl (C=O) groups is 1. The SMILES string of the molecule is CC(C)(C)n1nc(C(=O)NNc2c(Cl)cc(Cl)cc2Cl)cc1C1CC1. The van der Waals surface area contributed by atoms with Crippen molar-refractivity contribution in [2.45, 2.75) is 45.1 Å². The summed E-state index contributed by atoms with van der Waals surface area (Å²) in [5.74, 6) is 0.133. The molecular formula is C17H19Cl3N4O. The van der Waals surface area contributed by atoms with E-state index in [-0.39, 0.29) is 11.4 Å². The number of halogens is 3. The quantitative estimate of drug-likeness (QED) is 0.689. The van der Waals surface area contributed by atoms with Gasteiger partial charge in [-0.1, -0.05) is 34.8 Å². The van der Waals surface area contributed by atoms with Gasteiger partial charge in [0.15, 0.2) is 5.69 Å². The molecular weight excluding hydrogens is 383 g/mol. The van der Waals surface area contributed by atoms with Gasteiger partial charge in [-0.05, 0) is 51.8 Å². The predicted molar refractivity (Wildman–Crippen MR) is 102 cm³/mol. The molecule has 134 valence electrons. The van der Waals surface area contributed by atoms with Crippen LogP contribution in [0.3, 0.4) is 0 Å². The van der Waals surface area contributed by atoms with E-state index in [0.717, 1.165) is 18.5 Å². The van der Waals surface area contributed by atoms with Crippen LogP contribution < -0.4 is 10.9 Å². The third-order valence-corrected chi connectivity index (χ3v) is 4.72. The van der Waals surface area contributed by atoms with E-state index >= 15 is 0 Å². The van der Waals surface area contributed by atoms with E-state index in [0.29, 0.717) is 32.4 Å². The molecule has 0 spiro atoms. The van der Waals surface area contributed by atoms with Gasteiger partial charge in [0, 0.05) is 16.6 Å². The Morgan fingerprint density at radius 1 is 1.16 bits per heavy atom. The lowest BCUT2D eigenvalue weighted by molar-refractivity contribution is 0.0956. The number of hydrazine groups is 1. The summed E-state index contributed by atoms with van der Waals surface area (Å²) in [6, 6.07) is 4.94. The number of carbonyl (C=O) groups excluding carboxylic acids is 1. The Morgan fingerprint density at radius 3 is 2.28 bits per heavy atom. The maximum atomic E-state index is 12.5. The largest absolute Gasteiger partial charge is 0.295 e. The van der Waals surface area contributed by atoms with Crippen LogP contribution in [0.2, 0.25) is 15.1 Å². The molecule has 1 aromatic heterocycles. The molecule has 1 aliphatic carbocycles. The van der Waals surface area contributed by atoms with E-state index in [2.05, 4.69) is 36.7 Å². The highest BCUT2D eigenvalue weighted by molar-refractivity contribution is 6.41. The molecule has 1 aliphatic rings. The minimum absolute atomic E-state index is 0.188. The van der Waals surface area contributed by atoms with Crippen molar-refractivity contribution in [1.29, 1.82) is 0 Å². The summed E-state index contributed by atoms with van der Waals surface area (Å²) in [7, 11) is 0. The molecule has 2 aromatic rings. The molecule has 0 atom stereocenters. The maximum Gasteiger partial charge on any atom is 0.290 e. The van der Waals surface area contributed by atoms with Gasteiger partial charge in [0.1, 0.15) is 0 Å². The average molecular weight is 402 g/mol. The summed E-state index contributed by atoms with van der Waals surface area (Å²) in [5, 5.41) is 5.55. The first-order valence-corrected chi connectivity index (χ1v) is 9.11. The molecule has 1 saturated carbocycles. The zero-order chi connectivity index (χ0) is 18.4. The van der Waals surface area contributed by atoms with Gasteiger partial charge < -0.3 is 0 Å². The number of rotatable bonds is 4. The van der Waals surface area contributed by atoms with Gasteiger partial charge in [0.05, 0.1) is 21.3 Å². The number of aromatic nitrogens is 2. The molecule has 5 nitrogen and oxygen atoms in total. The normalized spacial score (nSPS) is 14.5. The van der Waals surface area contributed by atoms with Crippen molar-refractivity contribution in [2.75, 3.05) is 5.43 Å². The molecule has 2 N–H and O–H groups in total. The first-order valence-electron chi connectivity index (χ1n) is 7.98. The summed E-state index contributed by atoms with van der Waals surface area (Å²) in [6.45, 7) is 6.21. The smallest absolute Gasteiger partial charge is 0.290 e. The van der Waals surface area contributed by atoms with Gasteiger partial charge in [0.25, 0.3) is 5.91 Å². The van der Waals surface area contributed by atoms with E-state index in [4.69, 9.17) is 34.8 Å². The van der Waals surface area contributed by atoms with Crippen LogP contribution >= 0.6 is 34.8 Å². The molecule has 0 aliphatic heterocycles. The Balaban J connectivity index is 1.78. The first kappa shape index (κ1) is 18.4. The lowest BCUT2D eigenvalue weighted by Gasteiger charge is -2.22. The van der Waals surface area contributed by atoms with Crippen LogP contribution in [-0.4, -0.2) is 15.7 Å². The van der Waals surface area contributed by atoms with Crippen molar-refractivity contribution in [1.82, 2.24) is 15.2 Å². The fourth-order valence-electron chi connectivity index (χ4n) is 2.56.